The Morgan fingerprint density at radius 1 is 1.05 bits per heavy atom. The zero-order valence-electron chi connectivity index (χ0n) is 22.9. The number of hydrogen-bond acceptors (Lipinski definition) is 6. The van der Waals surface area contributed by atoms with Gasteiger partial charge in [0.1, 0.15) is 5.65 Å². The Bertz CT molecular complexity index is 1820. The molecular weight excluding hydrogens is 500 g/mol. The minimum atomic E-state index is -0.355. The topological polar surface area (TPSA) is 101 Å². The Kier molecular flexibility index (Phi) is 5.07. The molecule has 1 N–H and O–H groups in total. The highest BCUT2D eigenvalue weighted by atomic mass is 16.5. The van der Waals surface area contributed by atoms with Gasteiger partial charge in [-0.15, -0.1) is 0 Å². The number of ether oxygens (including phenoxy) is 1. The summed E-state index contributed by atoms with van der Waals surface area (Å²) in [6, 6.07) is 9.05. The van der Waals surface area contributed by atoms with E-state index in [-0.39, 0.29) is 11.1 Å². The molecule has 8 rings (SSSR count). The van der Waals surface area contributed by atoms with Gasteiger partial charge in [-0.25, -0.2) is 4.98 Å². The van der Waals surface area contributed by atoms with Gasteiger partial charge in [0.25, 0.3) is 0 Å². The number of likely N-dealkylation sites (tertiary alicyclic amines) is 1. The van der Waals surface area contributed by atoms with Crippen molar-refractivity contribution >= 4 is 21.9 Å². The predicted molar refractivity (Wildman–Crippen MR) is 152 cm³/mol. The molecule has 0 amide bonds. The van der Waals surface area contributed by atoms with E-state index in [1.165, 1.54) is 17.5 Å². The van der Waals surface area contributed by atoms with E-state index < -0.39 is 0 Å². The van der Waals surface area contributed by atoms with Crippen LogP contribution in [0.25, 0.3) is 44.3 Å². The number of nitrogens with one attached hydrogen (secondary N) is 1. The normalized spacial score (nSPS) is 19.7. The molecule has 2 fully saturated rings. The van der Waals surface area contributed by atoms with Gasteiger partial charge in [0.15, 0.2) is 0 Å². The van der Waals surface area contributed by atoms with Gasteiger partial charge in [-0.2, -0.15) is 15.5 Å². The van der Waals surface area contributed by atoms with Crippen LogP contribution in [0.5, 0.6) is 0 Å². The van der Waals surface area contributed by atoms with Crippen LogP contribution in [0.2, 0.25) is 0 Å². The second kappa shape index (κ2) is 8.50. The number of aromatic nitrogens is 6. The van der Waals surface area contributed by atoms with Gasteiger partial charge in [-0.1, -0.05) is 6.07 Å². The number of nitrogens with zero attached hydrogens (tertiary/aromatic N) is 7. The summed E-state index contributed by atoms with van der Waals surface area (Å²) in [5, 5.41) is 20.7. The van der Waals surface area contributed by atoms with Crippen LogP contribution < -0.4 is 0 Å². The molecular formula is C31H32N8O. The molecule has 1 aromatic carbocycles. The third kappa shape index (κ3) is 3.30. The molecule has 1 saturated heterocycles. The SMILES string of the molecule is Cn1cc(-c2[nH]c3ncc4c(c3c2-c2ccc3c(cnn3C)c2)C2(CCN(C3(CC#N)CCC3)CC2)OC4)cn1. The van der Waals surface area contributed by atoms with Gasteiger partial charge >= 0.3 is 0 Å². The standard InChI is InChI=1S/C31H32N8O/c1-37-18-22(17-34-37)28-25(20-4-5-24-21(14-20)16-35-38(24)2)26-27-23(15-33-29(26)36-28)19-40-31(27)9-12-39(13-10-31)30(8-11-32)6-3-7-30/h4-5,14-18H,3,6-10,12-13,19H2,1-2H3,(H,33,36). The quantitative estimate of drug-likeness (QED) is 0.343. The molecule has 4 aromatic heterocycles. The lowest BCUT2D eigenvalue weighted by Crippen LogP contribution is -2.58. The number of aryl methyl sites for hydroxylation is 2. The van der Waals surface area contributed by atoms with E-state index >= 15 is 0 Å². The van der Waals surface area contributed by atoms with Crippen LogP contribution in [0.3, 0.4) is 0 Å². The lowest BCUT2D eigenvalue weighted by atomic mass is 9.71. The molecule has 9 heteroatoms. The Labute approximate surface area is 232 Å². The first-order valence-corrected chi connectivity index (χ1v) is 14.2. The van der Waals surface area contributed by atoms with Crippen LogP contribution in [0, 0.1) is 11.3 Å². The lowest BCUT2D eigenvalue weighted by molar-refractivity contribution is -0.106. The molecule has 202 valence electrons. The highest BCUT2D eigenvalue weighted by Crippen LogP contribution is 2.52. The number of pyridine rings is 1. The van der Waals surface area contributed by atoms with Gasteiger partial charge in [-0.05, 0) is 49.8 Å². The van der Waals surface area contributed by atoms with Crippen molar-refractivity contribution in [2.45, 2.75) is 56.3 Å². The first-order chi connectivity index (χ1) is 19.5. The number of nitriles is 1. The van der Waals surface area contributed by atoms with Crippen molar-refractivity contribution in [3.05, 3.63) is 54.1 Å². The second-order valence-corrected chi connectivity index (χ2v) is 11.9. The lowest BCUT2D eigenvalue weighted by Gasteiger charge is -2.53. The maximum absolute atomic E-state index is 9.53. The molecule has 0 bridgehead atoms. The summed E-state index contributed by atoms with van der Waals surface area (Å²) in [6.45, 7) is 2.47. The first-order valence-electron chi connectivity index (χ1n) is 14.2. The number of benzene rings is 1. The molecule has 5 aromatic rings. The van der Waals surface area contributed by atoms with Crippen LogP contribution in [-0.4, -0.2) is 53.1 Å². The largest absolute Gasteiger partial charge is 0.365 e. The van der Waals surface area contributed by atoms with Crippen molar-refractivity contribution < 1.29 is 4.74 Å². The summed E-state index contributed by atoms with van der Waals surface area (Å²) in [6.07, 6.45) is 13.8. The summed E-state index contributed by atoms with van der Waals surface area (Å²) < 4.78 is 10.5. The van der Waals surface area contributed by atoms with E-state index in [1.54, 1.807) is 0 Å². The number of aromatic amines is 1. The Morgan fingerprint density at radius 3 is 2.62 bits per heavy atom. The molecule has 9 nitrogen and oxygen atoms in total. The molecule has 1 saturated carbocycles. The minimum absolute atomic E-state index is 0.0667. The van der Waals surface area contributed by atoms with Crippen LogP contribution in [0.15, 0.2) is 43.0 Å². The van der Waals surface area contributed by atoms with E-state index in [0.29, 0.717) is 13.0 Å². The summed E-state index contributed by atoms with van der Waals surface area (Å²) in [5.41, 5.74) is 8.48. The van der Waals surface area contributed by atoms with Crippen molar-refractivity contribution in [2.24, 2.45) is 14.1 Å². The zero-order valence-corrected chi connectivity index (χ0v) is 22.9. The smallest absolute Gasteiger partial charge is 0.138 e. The van der Waals surface area contributed by atoms with Gasteiger partial charge < -0.3 is 9.72 Å². The summed E-state index contributed by atoms with van der Waals surface area (Å²) in [7, 11) is 3.92. The predicted octanol–water partition coefficient (Wildman–Crippen LogP) is 5.17. The summed E-state index contributed by atoms with van der Waals surface area (Å²) in [5.74, 6) is 0. The van der Waals surface area contributed by atoms with Gasteiger partial charge in [0.05, 0.1) is 48.3 Å². The highest BCUT2D eigenvalue weighted by Gasteiger charge is 2.50. The highest BCUT2D eigenvalue weighted by molar-refractivity contribution is 6.06. The molecule has 3 aliphatic rings. The van der Waals surface area contributed by atoms with Crippen LogP contribution in [-0.2, 0) is 31.0 Å². The molecule has 1 spiro atoms. The average Bonchev–Trinajstić information content (AvgIpc) is 3.71. The third-order valence-corrected chi connectivity index (χ3v) is 9.82. The third-order valence-electron chi connectivity index (χ3n) is 9.82. The van der Waals surface area contributed by atoms with Crippen LogP contribution >= 0.6 is 0 Å². The van der Waals surface area contributed by atoms with E-state index in [9.17, 15) is 5.26 Å². The Balaban J connectivity index is 1.30. The fraction of sp³-hybridized carbons (Fsp3) is 0.419. The van der Waals surface area contributed by atoms with Gasteiger partial charge in [0.2, 0.25) is 0 Å². The van der Waals surface area contributed by atoms with Crippen molar-refractivity contribution in [1.29, 1.82) is 5.26 Å². The fourth-order valence-corrected chi connectivity index (χ4v) is 7.56. The molecule has 1 aliphatic carbocycles. The van der Waals surface area contributed by atoms with Crippen molar-refractivity contribution in [3.8, 4) is 28.5 Å². The molecule has 6 heterocycles. The molecule has 0 atom stereocenters. The molecule has 40 heavy (non-hydrogen) atoms. The monoisotopic (exact) mass is 532 g/mol. The van der Waals surface area contributed by atoms with E-state index in [1.807, 2.05) is 42.0 Å². The molecule has 0 unspecified atom stereocenters. The summed E-state index contributed by atoms with van der Waals surface area (Å²) >= 11 is 0. The van der Waals surface area contributed by atoms with Crippen LogP contribution in [0.1, 0.15) is 49.7 Å². The average molecular weight is 533 g/mol. The zero-order chi connectivity index (χ0) is 27.1. The Morgan fingerprint density at radius 2 is 1.90 bits per heavy atom. The molecule has 0 radical (unpaired) electrons. The van der Waals surface area contributed by atoms with Gasteiger partial charge in [-0.3, -0.25) is 14.3 Å². The first kappa shape index (κ1) is 23.9. The van der Waals surface area contributed by atoms with Gasteiger partial charge in [0, 0.05) is 78.1 Å². The van der Waals surface area contributed by atoms with E-state index in [2.05, 4.69) is 50.5 Å². The summed E-state index contributed by atoms with van der Waals surface area (Å²) in [4.78, 5) is 11.2. The number of fused-ring (bicyclic) bond motifs is 5. The maximum atomic E-state index is 9.53. The number of hydrogen-bond donors (Lipinski definition) is 1. The molecule has 2 aliphatic heterocycles. The second-order valence-electron chi connectivity index (χ2n) is 11.9. The van der Waals surface area contributed by atoms with E-state index in [0.717, 1.165) is 83.1 Å². The van der Waals surface area contributed by atoms with E-state index in [4.69, 9.17) is 9.72 Å². The number of piperidine rings is 1. The van der Waals surface area contributed by atoms with Crippen molar-refractivity contribution in [1.82, 2.24) is 34.4 Å². The minimum Gasteiger partial charge on any atom is -0.365 e. The number of rotatable bonds is 4. The van der Waals surface area contributed by atoms with Crippen molar-refractivity contribution in [2.75, 3.05) is 13.1 Å². The maximum Gasteiger partial charge on any atom is 0.138 e. The number of H-pyrrole nitrogens is 1. The van der Waals surface area contributed by atoms with Crippen molar-refractivity contribution in [3.63, 3.8) is 0 Å². The Hall–Kier alpha value is -4.00. The fourth-order valence-electron chi connectivity index (χ4n) is 7.56. The van der Waals surface area contributed by atoms with Crippen LogP contribution in [0.4, 0.5) is 0 Å².